The Morgan fingerprint density at radius 1 is 1.33 bits per heavy atom. The van der Waals surface area contributed by atoms with Gasteiger partial charge >= 0.3 is 6.03 Å². The predicted molar refractivity (Wildman–Crippen MR) is 82.8 cm³/mol. The van der Waals surface area contributed by atoms with Gasteiger partial charge in [-0.15, -0.1) is 0 Å². The first kappa shape index (κ1) is 15.1. The van der Waals surface area contributed by atoms with Gasteiger partial charge in [-0.05, 0) is 36.2 Å². The number of aryl methyl sites for hydroxylation is 1. The molecule has 0 aliphatic heterocycles. The largest absolute Gasteiger partial charge is 0.481 e. The van der Waals surface area contributed by atoms with Gasteiger partial charge in [0.15, 0.2) is 0 Å². The zero-order chi connectivity index (χ0) is 15.2. The summed E-state index contributed by atoms with van der Waals surface area (Å²) >= 11 is 6.06. The minimum Gasteiger partial charge on any atom is -0.481 e. The number of nitrogens with one attached hydrogen (secondary N) is 2. The number of hydrogen-bond donors (Lipinski definition) is 2. The van der Waals surface area contributed by atoms with E-state index in [1.54, 1.807) is 31.5 Å². The van der Waals surface area contributed by atoms with Crippen LogP contribution in [0.4, 0.5) is 10.5 Å². The number of nitrogens with zero attached hydrogens (tertiary/aromatic N) is 1. The van der Waals surface area contributed by atoms with Gasteiger partial charge in [0, 0.05) is 18.8 Å². The zero-order valence-electron chi connectivity index (χ0n) is 11.8. The molecule has 110 valence electrons. The molecule has 0 saturated carbocycles. The van der Waals surface area contributed by atoms with Gasteiger partial charge in [-0.25, -0.2) is 9.78 Å². The van der Waals surface area contributed by atoms with E-state index in [1.807, 2.05) is 19.1 Å². The Morgan fingerprint density at radius 3 is 2.86 bits per heavy atom. The fourth-order valence-corrected chi connectivity index (χ4v) is 2.02. The summed E-state index contributed by atoms with van der Waals surface area (Å²) in [5, 5.41) is 5.97. The van der Waals surface area contributed by atoms with Crippen LogP contribution in [-0.4, -0.2) is 18.1 Å². The van der Waals surface area contributed by atoms with Crippen molar-refractivity contribution in [3.05, 3.63) is 52.7 Å². The van der Waals surface area contributed by atoms with Gasteiger partial charge in [0.2, 0.25) is 5.88 Å². The van der Waals surface area contributed by atoms with Gasteiger partial charge in [0.1, 0.15) is 0 Å². The lowest BCUT2D eigenvalue weighted by Crippen LogP contribution is -2.28. The van der Waals surface area contributed by atoms with Gasteiger partial charge < -0.3 is 15.4 Å². The number of benzene rings is 1. The minimum absolute atomic E-state index is 0.323. The predicted octanol–water partition coefficient (Wildman–Crippen LogP) is 3.37. The van der Waals surface area contributed by atoms with Crippen molar-refractivity contribution in [1.82, 2.24) is 10.3 Å². The summed E-state index contributed by atoms with van der Waals surface area (Å²) in [7, 11) is 1.55. The summed E-state index contributed by atoms with van der Waals surface area (Å²) in [6, 6.07) is 8.70. The number of halogens is 1. The van der Waals surface area contributed by atoms with Crippen LogP contribution in [0.15, 0.2) is 36.5 Å². The number of carbonyl (C=O) groups excluding carboxylic acids is 1. The third-order valence-electron chi connectivity index (χ3n) is 2.83. The van der Waals surface area contributed by atoms with E-state index in [2.05, 4.69) is 15.6 Å². The van der Waals surface area contributed by atoms with E-state index >= 15 is 0 Å². The molecule has 2 aromatic rings. The fraction of sp³-hybridized carbons (Fsp3) is 0.200. The number of pyridine rings is 1. The van der Waals surface area contributed by atoms with E-state index in [-0.39, 0.29) is 6.03 Å². The van der Waals surface area contributed by atoms with Gasteiger partial charge in [0.05, 0.1) is 17.8 Å². The molecule has 2 N–H and O–H groups in total. The first-order valence-corrected chi connectivity index (χ1v) is 6.76. The lowest BCUT2D eigenvalue weighted by Gasteiger charge is -2.10. The highest BCUT2D eigenvalue weighted by molar-refractivity contribution is 6.33. The van der Waals surface area contributed by atoms with Crippen molar-refractivity contribution in [3.63, 3.8) is 0 Å². The molecule has 0 atom stereocenters. The highest BCUT2D eigenvalue weighted by Gasteiger charge is 2.06. The summed E-state index contributed by atoms with van der Waals surface area (Å²) in [5.41, 5.74) is 2.51. The third kappa shape index (κ3) is 4.36. The van der Waals surface area contributed by atoms with Gasteiger partial charge in [-0.3, -0.25) is 0 Å². The molecule has 0 bridgehead atoms. The lowest BCUT2D eigenvalue weighted by molar-refractivity contribution is 0.251. The molecule has 0 aliphatic rings. The maximum Gasteiger partial charge on any atom is 0.319 e. The quantitative estimate of drug-likeness (QED) is 0.910. The Labute approximate surface area is 128 Å². The van der Waals surface area contributed by atoms with Crippen molar-refractivity contribution in [2.45, 2.75) is 13.5 Å². The van der Waals surface area contributed by atoms with Crippen molar-refractivity contribution in [2.24, 2.45) is 0 Å². The summed E-state index contributed by atoms with van der Waals surface area (Å²) in [6.45, 7) is 2.31. The summed E-state index contributed by atoms with van der Waals surface area (Å²) in [5.74, 6) is 0.510. The summed E-state index contributed by atoms with van der Waals surface area (Å²) in [6.07, 6.45) is 1.63. The van der Waals surface area contributed by atoms with Gasteiger partial charge in [0.25, 0.3) is 0 Å². The molecule has 21 heavy (non-hydrogen) atoms. The molecule has 0 fully saturated rings. The van der Waals surface area contributed by atoms with Crippen LogP contribution < -0.4 is 15.4 Å². The zero-order valence-corrected chi connectivity index (χ0v) is 12.6. The van der Waals surface area contributed by atoms with Crippen LogP contribution in [0.2, 0.25) is 5.02 Å². The monoisotopic (exact) mass is 305 g/mol. The molecule has 5 nitrogen and oxygen atoms in total. The first-order valence-electron chi connectivity index (χ1n) is 6.38. The van der Waals surface area contributed by atoms with Crippen molar-refractivity contribution in [1.29, 1.82) is 0 Å². The Bertz CT molecular complexity index is 647. The van der Waals surface area contributed by atoms with Crippen molar-refractivity contribution in [2.75, 3.05) is 12.4 Å². The summed E-state index contributed by atoms with van der Waals surface area (Å²) in [4.78, 5) is 15.9. The SMILES string of the molecule is COc1cc(CNC(=O)Nc2ccc(C)cc2Cl)ccn1. The highest BCUT2D eigenvalue weighted by Crippen LogP contribution is 2.22. The van der Waals surface area contributed by atoms with Crippen LogP contribution >= 0.6 is 11.6 Å². The van der Waals surface area contributed by atoms with Crippen LogP contribution in [0.1, 0.15) is 11.1 Å². The molecule has 1 heterocycles. The summed E-state index contributed by atoms with van der Waals surface area (Å²) < 4.78 is 5.03. The second kappa shape index (κ2) is 6.95. The molecule has 1 aromatic heterocycles. The van der Waals surface area contributed by atoms with Gasteiger partial charge in [-0.2, -0.15) is 0 Å². The molecule has 0 saturated heterocycles. The number of urea groups is 1. The number of anilines is 1. The molecular weight excluding hydrogens is 290 g/mol. The van der Waals surface area contributed by atoms with Crippen molar-refractivity contribution >= 4 is 23.3 Å². The maximum absolute atomic E-state index is 11.8. The second-order valence-corrected chi connectivity index (χ2v) is 4.90. The average molecular weight is 306 g/mol. The van der Waals surface area contributed by atoms with Crippen LogP contribution in [0, 0.1) is 6.92 Å². The van der Waals surface area contributed by atoms with E-state index in [0.717, 1.165) is 11.1 Å². The molecule has 6 heteroatoms. The van der Waals surface area contributed by atoms with Crippen LogP contribution in [0.5, 0.6) is 5.88 Å². The Balaban J connectivity index is 1.92. The molecule has 2 amide bonds. The number of methoxy groups -OCH3 is 1. The molecule has 0 radical (unpaired) electrons. The van der Waals surface area contributed by atoms with Crippen LogP contribution in [0.3, 0.4) is 0 Å². The molecule has 2 rings (SSSR count). The number of aromatic nitrogens is 1. The molecule has 0 spiro atoms. The van der Waals surface area contributed by atoms with E-state index in [4.69, 9.17) is 16.3 Å². The first-order chi connectivity index (χ1) is 10.1. The standard InChI is InChI=1S/C15H16ClN3O2/c1-10-3-4-13(12(16)7-10)19-15(20)18-9-11-5-6-17-14(8-11)21-2/h3-8H,9H2,1-2H3,(H2,18,19,20). The third-order valence-corrected chi connectivity index (χ3v) is 3.15. The number of rotatable bonds is 4. The van der Waals surface area contributed by atoms with Gasteiger partial charge in [-0.1, -0.05) is 17.7 Å². The van der Waals surface area contributed by atoms with E-state index in [1.165, 1.54) is 0 Å². The van der Waals surface area contributed by atoms with E-state index in [0.29, 0.717) is 23.1 Å². The smallest absolute Gasteiger partial charge is 0.319 e. The molecule has 0 aliphatic carbocycles. The Hall–Kier alpha value is -2.27. The van der Waals surface area contributed by atoms with Crippen LogP contribution in [0.25, 0.3) is 0 Å². The Kier molecular flexibility index (Phi) is 5.00. The van der Waals surface area contributed by atoms with E-state index < -0.39 is 0 Å². The van der Waals surface area contributed by atoms with E-state index in [9.17, 15) is 4.79 Å². The molecule has 1 aromatic carbocycles. The topological polar surface area (TPSA) is 63.2 Å². The minimum atomic E-state index is -0.323. The number of carbonyl (C=O) groups is 1. The average Bonchev–Trinajstić information content (AvgIpc) is 2.48. The van der Waals surface area contributed by atoms with Crippen LogP contribution in [-0.2, 0) is 6.54 Å². The molecule has 0 unspecified atom stereocenters. The second-order valence-electron chi connectivity index (χ2n) is 4.50. The lowest BCUT2D eigenvalue weighted by atomic mass is 10.2. The number of ether oxygens (including phenoxy) is 1. The highest BCUT2D eigenvalue weighted by atomic mass is 35.5. The maximum atomic E-state index is 11.8. The van der Waals surface area contributed by atoms with Crippen molar-refractivity contribution in [3.8, 4) is 5.88 Å². The Morgan fingerprint density at radius 2 is 2.14 bits per heavy atom. The molecular formula is C15H16ClN3O2. The normalized spacial score (nSPS) is 10.0. The fourth-order valence-electron chi connectivity index (χ4n) is 1.74. The van der Waals surface area contributed by atoms with Crippen molar-refractivity contribution < 1.29 is 9.53 Å². The number of amides is 2. The number of hydrogen-bond acceptors (Lipinski definition) is 3.